The molecule has 0 radical (unpaired) electrons. The summed E-state index contributed by atoms with van der Waals surface area (Å²) in [5.74, 6) is 1.30. The van der Waals surface area contributed by atoms with Gasteiger partial charge in [-0.15, -0.1) is 0 Å². The van der Waals surface area contributed by atoms with E-state index in [9.17, 15) is 4.79 Å². The first-order chi connectivity index (χ1) is 11.3. The Morgan fingerprint density at radius 2 is 2.13 bits per heavy atom. The van der Waals surface area contributed by atoms with Gasteiger partial charge in [0, 0.05) is 25.4 Å². The first-order valence-electron chi connectivity index (χ1n) is 7.86. The monoisotopic (exact) mass is 312 g/mol. The van der Waals surface area contributed by atoms with Crippen LogP contribution in [0.4, 0.5) is 0 Å². The maximum absolute atomic E-state index is 11.8. The molecular weight excluding hydrogens is 292 g/mol. The minimum absolute atomic E-state index is 0.0153. The summed E-state index contributed by atoms with van der Waals surface area (Å²) in [7, 11) is 0. The van der Waals surface area contributed by atoms with Crippen molar-refractivity contribution < 1.29 is 14.3 Å². The lowest BCUT2D eigenvalue weighted by atomic mass is 10.2. The van der Waals surface area contributed by atoms with E-state index in [-0.39, 0.29) is 12.0 Å². The van der Waals surface area contributed by atoms with Gasteiger partial charge in [-0.2, -0.15) is 0 Å². The fourth-order valence-corrected chi connectivity index (χ4v) is 2.47. The van der Waals surface area contributed by atoms with E-state index < -0.39 is 0 Å². The van der Waals surface area contributed by atoms with E-state index in [1.165, 1.54) is 0 Å². The number of ether oxygens (including phenoxy) is 2. The number of aromatic nitrogens is 1. The van der Waals surface area contributed by atoms with Crippen LogP contribution in [0, 0.1) is 0 Å². The van der Waals surface area contributed by atoms with Gasteiger partial charge in [0.1, 0.15) is 5.75 Å². The topological polar surface area (TPSA) is 60.5 Å². The van der Waals surface area contributed by atoms with Crippen molar-refractivity contribution in [1.29, 1.82) is 0 Å². The van der Waals surface area contributed by atoms with E-state index in [2.05, 4.69) is 10.3 Å². The highest BCUT2D eigenvalue weighted by Crippen LogP contribution is 2.18. The molecule has 1 aliphatic heterocycles. The van der Waals surface area contributed by atoms with Crippen molar-refractivity contribution in [2.24, 2.45) is 0 Å². The minimum atomic E-state index is 0.0153. The van der Waals surface area contributed by atoms with Gasteiger partial charge in [-0.3, -0.25) is 4.79 Å². The minimum Gasteiger partial charge on any atom is -0.439 e. The number of amides is 1. The van der Waals surface area contributed by atoms with Crippen LogP contribution in [-0.4, -0.2) is 23.6 Å². The smallest absolute Gasteiger partial charge is 0.222 e. The molecule has 2 aromatic rings. The van der Waals surface area contributed by atoms with Crippen LogP contribution in [0.3, 0.4) is 0 Å². The normalized spacial score (nSPS) is 17.0. The van der Waals surface area contributed by atoms with Gasteiger partial charge in [0.15, 0.2) is 0 Å². The molecule has 2 heterocycles. The Kier molecular flexibility index (Phi) is 5.21. The number of hydrogen-bond donors (Lipinski definition) is 1. The average molecular weight is 312 g/mol. The molecule has 120 valence electrons. The highest BCUT2D eigenvalue weighted by Gasteiger charge is 2.18. The zero-order valence-electron chi connectivity index (χ0n) is 12.9. The number of benzene rings is 1. The molecule has 0 unspecified atom stereocenters. The van der Waals surface area contributed by atoms with Gasteiger partial charge in [-0.25, -0.2) is 4.98 Å². The van der Waals surface area contributed by atoms with E-state index in [0.717, 1.165) is 30.8 Å². The first-order valence-corrected chi connectivity index (χ1v) is 7.86. The summed E-state index contributed by atoms with van der Waals surface area (Å²) in [6.07, 6.45) is 4.24. The van der Waals surface area contributed by atoms with Crippen LogP contribution in [0.25, 0.3) is 0 Å². The Morgan fingerprint density at radius 1 is 1.26 bits per heavy atom. The molecule has 0 spiro atoms. The Morgan fingerprint density at radius 3 is 2.83 bits per heavy atom. The van der Waals surface area contributed by atoms with Crippen molar-refractivity contribution in [2.45, 2.75) is 31.9 Å². The van der Waals surface area contributed by atoms with E-state index in [0.29, 0.717) is 18.8 Å². The van der Waals surface area contributed by atoms with E-state index in [4.69, 9.17) is 9.47 Å². The van der Waals surface area contributed by atoms with Gasteiger partial charge in [0.05, 0.1) is 12.5 Å². The van der Waals surface area contributed by atoms with Crippen LogP contribution in [0.1, 0.15) is 24.8 Å². The third kappa shape index (κ3) is 4.79. The van der Waals surface area contributed by atoms with Gasteiger partial charge < -0.3 is 14.8 Å². The van der Waals surface area contributed by atoms with Crippen LogP contribution in [0.5, 0.6) is 11.6 Å². The summed E-state index contributed by atoms with van der Waals surface area (Å²) in [5.41, 5.74) is 0.936. The second kappa shape index (κ2) is 7.74. The second-order valence-electron chi connectivity index (χ2n) is 5.54. The van der Waals surface area contributed by atoms with E-state index >= 15 is 0 Å². The molecule has 5 nitrogen and oxygen atoms in total. The molecule has 1 amide bonds. The van der Waals surface area contributed by atoms with E-state index in [1.54, 1.807) is 12.3 Å². The molecule has 5 heteroatoms. The highest BCUT2D eigenvalue weighted by molar-refractivity contribution is 5.76. The van der Waals surface area contributed by atoms with Crippen LogP contribution < -0.4 is 10.1 Å². The third-order valence-corrected chi connectivity index (χ3v) is 3.69. The lowest BCUT2D eigenvalue weighted by Crippen LogP contribution is -2.26. The number of nitrogens with zero attached hydrogens (tertiary/aromatic N) is 1. The Hall–Kier alpha value is -2.40. The molecule has 1 aliphatic rings. The molecule has 23 heavy (non-hydrogen) atoms. The number of carbonyl (C=O) groups excluding carboxylic acids is 1. The quantitative estimate of drug-likeness (QED) is 0.890. The van der Waals surface area contributed by atoms with Gasteiger partial charge >= 0.3 is 0 Å². The van der Waals surface area contributed by atoms with Crippen molar-refractivity contribution in [1.82, 2.24) is 10.3 Å². The van der Waals surface area contributed by atoms with Gasteiger partial charge in [-0.05, 0) is 30.5 Å². The molecule has 1 saturated heterocycles. The standard InChI is InChI=1S/C18H20N2O3/c21-17(11-16-7-4-10-22-16)19-12-14-8-9-18(20-13-14)23-15-5-2-1-3-6-15/h1-3,5-6,8-9,13,16H,4,7,10-12H2,(H,19,21)/t16-/m0/s1. The number of carbonyl (C=O) groups is 1. The number of nitrogens with one attached hydrogen (secondary N) is 1. The SMILES string of the molecule is O=C(C[C@@H]1CCCO1)NCc1ccc(Oc2ccccc2)nc1. The lowest BCUT2D eigenvalue weighted by molar-refractivity contribution is -0.123. The molecule has 1 aromatic heterocycles. The van der Waals surface area contributed by atoms with Crippen molar-refractivity contribution >= 4 is 5.91 Å². The maximum Gasteiger partial charge on any atom is 0.222 e. The first kappa shape index (κ1) is 15.5. The molecule has 0 bridgehead atoms. The second-order valence-corrected chi connectivity index (χ2v) is 5.54. The van der Waals surface area contributed by atoms with Gasteiger partial charge in [0.25, 0.3) is 0 Å². The fraction of sp³-hybridized carbons (Fsp3) is 0.333. The number of para-hydroxylation sites is 1. The largest absolute Gasteiger partial charge is 0.439 e. The maximum atomic E-state index is 11.8. The summed E-state index contributed by atoms with van der Waals surface area (Å²) in [5, 5.41) is 2.90. The highest BCUT2D eigenvalue weighted by atomic mass is 16.5. The summed E-state index contributed by atoms with van der Waals surface area (Å²) in [4.78, 5) is 16.1. The summed E-state index contributed by atoms with van der Waals surface area (Å²) in [6.45, 7) is 1.23. The third-order valence-electron chi connectivity index (χ3n) is 3.69. The number of rotatable bonds is 6. The molecular formula is C18H20N2O3. The van der Waals surface area contributed by atoms with Crippen molar-refractivity contribution in [3.05, 3.63) is 54.2 Å². The summed E-state index contributed by atoms with van der Waals surface area (Å²) >= 11 is 0. The van der Waals surface area contributed by atoms with Gasteiger partial charge in [-0.1, -0.05) is 24.3 Å². The van der Waals surface area contributed by atoms with Crippen molar-refractivity contribution in [3.63, 3.8) is 0 Å². The molecule has 3 rings (SSSR count). The Labute approximate surface area is 135 Å². The Balaban J connectivity index is 1.46. The number of hydrogen-bond acceptors (Lipinski definition) is 4. The molecule has 1 N–H and O–H groups in total. The number of pyridine rings is 1. The summed E-state index contributed by atoms with van der Waals surface area (Å²) in [6, 6.07) is 13.2. The fourth-order valence-electron chi connectivity index (χ4n) is 2.47. The molecule has 0 saturated carbocycles. The van der Waals surface area contributed by atoms with Gasteiger partial charge in [0.2, 0.25) is 11.8 Å². The average Bonchev–Trinajstić information content (AvgIpc) is 3.08. The molecule has 0 aliphatic carbocycles. The van der Waals surface area contributed by atoms with Crippen LogP contribution in [0.2, 0.25) is 0 Å². The van der Waals surface area contributed by atoms with Crippen molar-refractivity contribution in [2.75, 3.05) is 6.61 Å². The molecule has 1 fully saturated rings. The predicted molar refractivity (Wildman–Crippen MR) is 86.2 cm³/mol. The van der Waals surface area contributed by atoms with Crippen LogP contribution in [0.15, 0.2) is 48.7 Å². The van der Waals surface area contributed by atoms with Crippen molar-refractivity contribution in [3.8, 4) is 11.6 Å². The zero-order chi connectivity index (χ0) is 15.9. The summed E-state index contributed by atoms with van der Waals surface area (Å²) < 4.78 is 11.1. The van der Waals surface area contributed by atoms with Crippen LogP contribution >= 0.6 is 0 Å². The lowest BCUT2D eigenvalue weighted by Gasteiger charge is -2.10. The Bertz CT molecular complexity index is 622. The van der Waals surface area contributed by atoms with E-state index in [1.807, 2.05) is 36.4 Å². The predicted octanol–water partition coefficient (Wildman–Crippen LogP) is 3.06. The zero-order valence-corrected chi connectivity index (χ0v) is 12.9. The molecule has 1 aromatic carbocycles. The van der Waals surface area contributed by atoms with Crippen LogP contribution in [-0.2, 0) is 16.1 Å². The molecule has 1 atom stereocenters.